The molecule has 2 aromatic carbocycles. The normalized spacial score (nSPS) is 18.2. The van der Waals surface area contributed by atoms with Gasteiger partial charge in [0.05, 0.1) is 12.0 Å². The molecule has 28 heavy (non-hydrogen) atoms. The van der Waals surface area contributed by atoms with E-state index in [1.165, 1.54) is 0 Å². The van der Waals surface area contributed by atoms with Crippen molar-refractivity contribution in [2.45, 2.75) is 25.0 Å². The van der Waals surface area contributed by atoms with Gasteiger partial charge in [-0.2, -0.15) is 0 Å². The van der Waals surface area contributed by atoms with Crippen LogP contribution in [0.5, 0.6) is 0 Å². The fourth-order valence-corrected chi connectivity index (χ4v) is 3.44. The molecule has 5 nitrogen and oxygen atoms in total. The fourth-order valence-electron chi connectivity index (χ4n) is 3.31. The number of aliphatic hydroxyl groups excluding tert-OH is 1. The van der Waals surface area contributed by atoms with Crippen LogP contribution in [0.15, 0.2) is 54.6 Å². The number of cyclic esters (lactones) is 1. The summed E-state index contributed by atoms with van der Waals surface area (Å²) >= 11 is 5.91. The Kier molecular flexibility index (Phi) is 6.35. The minimum absolute atomic E-state index is 0.0769. The van der Waals surface area contributed by atoms with E-state index in [4.69, 9.17) is 22.8 Å². The third-order valence-electron chi connectivity index (χ3n) is 4.80. The number of hydrogen-bond acceptors (Lipinski definition) is 4. The molecule has 0 aliphatic carbocycles. The number of terminal acetylenes is 1. The van der Waals surface area contributed by atoms with Crippen molar-refractivity contribution in [2.75, 3.05) is 6.61 Å². The topological polar surface area (TPSA) is 66.8 Å². The van der Waals surface area contributed by atoms with Crippen LogP contribution < -0.4 is 0 Å². The molecule has 0 spiro atoms. The van der Waals surface area contributed by atoms with Crippen molar-refractivity contribution in [1.29, 1.82) is 0 Å². The number of carbonyl (C=O) groups excluding carboxylic acids is 2. The molecule has 2 amide bonds. The van der Waals surface area contributed by atoms with Crippen LogP contribution in [0.25, 0.3) is 0 Å². The SMILES string of the molecule is C#CCC[C@@H](C(=O)N1C(=O)OC[C@@H]1c1ccccc1)C(O)c1ccc(Cl)cc1. The van der Waals surface area contributed by atoms with Crippen molar-refractivity contribution < 1.29 is 19.4 Å². The van der Waals surface area contributed by atoms with E-state index in [-0.39, 0.29) is 13.0 Å². The highest BCUT2D eigenvalue weighted by Crippen LogP contribution is 2.34. The average Bonchev–Trinajstić information content (AvgIpc) is 3.10. The van der Waals surface area contributed by atoms with Gasteiger partial charge in [-0.1, -0.05) is 54.1 Å². The van der Waals surface area contributed by atoms with Gasteiger partial charge in [0.2, 0.25) is 5.91 Å². The van der Waals surface area contributed by atoms with Gasteiger partial charge < -0.3 is 9.84 Å². The molecule has 3 atom stereocenters. The summed E-state index contributed by atoms with van der Waals surface area (Å²) in [6, 6.07) is 15.2. The molecule has 1 unspecified atom stereocenters. The Morgan fingerprint density at radius 3 is 2.57 bits per heavy atom. The van der Waals surface area contributed by atoms with Crippen LogP contribution in [-0.4, -0.2) is 28.6 Å². The number of benzene rings is 2. The standard InChI is InChI=1S/C22H20ClNO4/c1-2-3-9-18(20(25)16-10-12-17(23)13-11-16)21(26)24-19(14-28-22(24)27)15-7-5-4-6-8-15/h1,4-8,10-13,18-20,25H,3,9,14H2/t18-,19-,20?/m1/s1. The van der Waals surface area contributed by atoms with Gasteiger partial charge in [-0.3, -0.25) is 4.79 Å². The van der Waals surface area contributed by atoms with Crippen LogP contribution >= 0.6 is 11.6 Å². The van der Waals surface area contributed by atoms with Gasteiger partial charge >= 0.3 is 6.09 Å². The lowest BCUT2D eigenvalue weighted by molar-refractivity contribution is -0.137. The lowest BCUT2D eigenvalue weighted by atomic mass is 9.89. The Morgan fingerprint density at radius 1 is 1.25 bits per heavy atom. The van der Waals surface area contributed by atoms with Crippen LogP contribution in [0.4, 0.5) is 4.79 Å². The molecule has 6 heteroatoms. The van der Waals surface area contributed by atoms with Crippen molar-refractivity contribution >= 4 is 23.6 Å². The van der Waals surface area contributed by atoms with E-state index in [0.29, 0.717) is 17.0 Å². The lowest BCUT2D eigenvalue weighted by Gasteiger charge is -2.28. The van der Waals surface area contributed by atoms with Crippen LogP contribution in [0, 0.1) is 18.3 Å². The number of halogens is 1. The van der Waals surface area contributed by atoms with E-state index in [1.807, 2.05) is 30.3 Å². The number of aliphatic hydroxyl groups is 1. The zero-order chi connectivity index (χ0) is 20.1. The van der Waals surface area contributed by atoms with Crippen molar-refractivity contribution in [3.8, 4) is 12.3 Å². The zero-order valence-electron chi connectivity index (χ0n) is 15.1. The Bertz CT molecular complexity index is 876. The molecule has 144 valence electrons. The van der Waals surface area contributed by atoms with E-state index < -0.39 is 30.1 Å². The molecule has 0 aromatic heterocycles. The number of rotatable bonds is 6. The molecule has 2 aromatic rings. The Hall–Kier alpha value is -2.81. The number of hydrogen-bond donors (Lipinski definition) is 1. The minimum Gasteiger partial charge on any atom is -0.446 e. The molecule has 1 N–H and O–H groups in total. The van der Waals surface area contributed by atoms with Crippen LogP contribution in [0.2, 0.25) is 5.02 Å². The fraction of sp³-hybridized carbons (Fsp3) is 0.273. The molecule has 0 bridgehead atoms. The maximum Gasteiger partial charge on any atom is 0.417 e. The smallest absolute Gasteiger partial charge is 0.417 e. The molecular formula is C22H20ClNO4. The molecule has 1 aliphatic rings. The zero-order valence-corrected chi connectivity index (χ0v) is 15.9. The summed E-state index contributed by atoms with van der Waals surface area (Å²) in [4.78, 5) is 26.7. The van der Waals surface area contributed by atoms with Crippen LogP contribution in [0.1, 0.15) is 36.1 Å². The van der Waals surface area contributed by atoms with E-state index in [0.717, 1.165) is 10.5 Å². The first kappa shape index (κ1) is 19.9. The van der Waals surface area contributed by atoms with Gasteiger partial charge in [0.25, 0.3) is 0 Å². The maximum atomic E-state index is 13.3. The van der Waals surface area contributed by atoms with Gasteiger partial charge in [0, 0.05) is 11.4 Å². The Labute approximate surface area is 168 Å². The summed E-state index contributed by atoms with van der Waals surface area (Å²) < 4.78 is 5.14. The van der Waals surface area contributed by atoms with Gasteiger partial charge in [-0.25, -0.2) is 9.69 Å². The van der Waals surface area contributed by atoms with Gasteiger partial charge in [-0.05, 0) is 29.7 Å². The number of nitrogens with zero attached hydrogens (tertiary/aromatic N) is 1. The monoisotopic (exact) mass is 397 g/mol. The van der Waals surface area contributed by atoms with E-state index in [9.17, 15) is 14.7 Å². The second kappa shape index (κ2) is 8.92. The highest BCUT2D eigenvalue weighted by molar-refractivity contribution is 6.30. The number of imide groups is 1. The predicted molar refractivity (Wildman–Crippen MR) is 105 cm³/mol. The maximum absolute atomic E-state index is 13.3. The third kappa shape index (κ3) is 4.19. The number of carbonyl (C=O) groups is 2. The van der Waals surface area contributed by atoms with Crippen LogP contribution in [0.3, 0.4) is 0 Å². The van der Waals surface area contributed by atoms with Gasteiger partial charge in [0.1, 0.15) is 12.6 Å². The first-order valence-electron chi connectivity index (χ1n) is 8.94. The van der Waals surface area contributed by atoms with E-state index in [1.54, 1.807) is 24.3 Å². The van der Waals surface area contributed by atoms with Crippen molar-refractivity contribution in [3.63, 3.8) is 0 Å². The third-order valence-corrected chi connectivity index (χ3v) is 5.06. The number of amides is 2. The number of ether oxygens (including phenoxy) is 1. The molecular weight excluding hydrogens is 378 g/mol. The van der Waals surface area contributed by atoms with E-state index >= 15 is 0 Å². The quantitative estimate of drug-likeness (QED) is 0.744. The Morgan fingerprint density at radius 2 is 1.93 bits per heavy atom. The highest BCUT2D eigenvalue weighted by Gasteiger charge is 2.43. The minimum atomic E-state index is -1.12. The first-order valence-corrected chi connectivity index (χ1v) is 9.32. The largest absolute Gasteiger partial charge is 0.446 e. The van der Waals surface area contributed by atoms with Gasteiger partial charge in [-0.15, -0.1) is 12.3 Å². The summed E-state index contributed by atoms with van der Waals surface area (Å²) in [5.74, 6) is 1.11. The molecule has 1 heterocycles. The Balaban J connectivity index is 1.90. The molecule has 0 radical (unpaired) electrons. The van der Waals surface area contributed by atoms with Crippen molar-refractivity contribution in [3.05, 3.63) is 70.7 Å². The summed E-state index contributed by atoms with van der Waals surface area (Å²) in [6.45, 7) is 0.0769. The molecule has 1 aliphatic heterocycles. The summed E-state index contributed by atoms with van der Waals surface area (Å²) in [6.07, 6.45) is 4.06. The molecule has 1 fully saturated rings. The van der Waals surface area contributed by atoms with Gasteiger partial charge in [0.15, 0.2) is 0 Å². The van der Waals surface area contributed by atoms with E-state index in [2.05, 4.69) is 5.92 Å². The first-order chi connectivity index (χ1) is 13.5. The second-order valence-electron chi connectivity index (χ2n) is 6.56. The summed E-state index contributed by atoms with van der Waals surface area (Å²) in [5.41, 5.74) is 1.32. The van der Waals surface area contributed by atoms with Crippen LogP contribution in [-0.2, 0) is 9.53 Å². The lowest BCUT2D eigenvalue weighted by Crippen LogP contribution is -2.40. The molecule has 0 saturated carbocycles. The summed E-state index contributed by atoms with van der Waals surface area (Å²) in [7, 11) is 0. The average molecular weight is 398 g/mol. The highest BCUT2D eigenvalue weighted by atomic mass is 35.5. The molecule has 1 saturated heterocycles. The van der Waals surface area contributed by atoms with Crippen molar-refractivity contribution in [1.82, 2.24) is 4.90 Å². The second-order valence-corrected chi connectivity index (χ2v) is 6.99. The van der Waals surface area contributed by atoms with Crippen molar-refractivity contribution in [2.24, 2.45) is 5.92 Å². The predicted octanol–water partition coefficient (Wildman–Crippen LogP) is 4.12. The summed E-state index contributed by atoms with van der Waals surface area (Å²) in [5, 5.41) is 11.4. The molecule has 3 rings (SSSR count).